The molecule has 0 amide bonds. The molecule has 4 nitrogen and oxygen atoms in total. The van der Waals surface area contributed by atoms with Crippen LogP contribution in [-0.2, 0) is 10.8 Å². The van der Waals surface area contributed by atoms with E-state index in [1.165, 1.54) is 215 Å². The third-order valence-corrected chi connectivity index (χ3v) is 25.4. The Morgan fingerprint density at radius 2 is 0.553 bits per heavy atom. The zero-order valence-corrected chi connectivity index (χ0v) is 63.7. The molecule has 24 rings (SSSR count). The molecule has 2 aliphatic rings. The number of benzene rings is 18. The van der Waals surface area contributed by atoms with Crippen molar-refractivity contribution in [3.63, 3.8) is 0 Å². The van der Waals surface area contributed by atoms with E-state index in [9.17, 15) is 0 Å². The smallest absolute Gasteiger partial charge is 0.0547 e. The fraction of sp³-hybridized carbons (Fsp3) is 0.0545. The van der Waals surface area contributed by atoms with Crippen LogP contribution in [-0.4, -0.2) is 18.3 Å². The van der Waals surface area contributed by atoms with E-state index in [4.69, 9.17) is 0 Å². The summed E-state index contributed by atoms with van der Waals surface area (Å²) in [6.45, 7) is 9.56. The Hall–Kier alpha value is -14.3. The Morgan fingerprint density at radius 1 is 0.193 bits per heavy atom. The van der Waals surface area contributed by atoms with Gasteiger partial charge in [0.1, 0.15) is 0 Å². The van der Waals surface area contributed by atoms with Crippen molar-refractivity contribution >= 4 is 109 Å². The zero-order valence-electron chi connectivity index (χ0n) is 63.7. The first-order chi connectivity index (χ1) is 56.1. The molecule has 0 aliphatic heterocycles. The van der Waals surface area contributed by atoms with Crippen LogP contribution in [0, 0.1) is 0 Å². The molecule has 114 heavy (non-hydrogen) atoms. The fourth-order valence-corrected chi connectivity index (χ4v) is 20.1. The highest BCUT2D eigenvalue weighted by atomic mass is 15.0. The summed E-state index contributed by atoms with van der Waals surface area (Å²) in [7, 11) is 0. The van der Waals surface area contributed by atoms with Gasteiger partial charge in [0.15, 0.2) is 0 Å². The lowest BCUT2D eigenvalue weighted by molar-refractivity contribution is 0.661. The van der Waals surface area contributed by atoms with Crippen LogP contribution in [0.2, 0.25) is 0 Å². The predicted molar refractivity (Wildman–Crippen MR) is 482 cm³/mol. The van der Waals surface area contributed by atoms with Crippen LogP contribution >= 0.6 is 0 Å². The van der Waals surface area contributed by atoms with E-state index in [0.29, 0.717) is 0 Å². The van der Waals surface area contributed by atoms with Crippen molar-refractivity contribution in [1.29, 1.82) is 0 Å². The molecule has 0 atom stereocenters. The maximum absolute atomic E-state index is 2.49. The van der Waals surface area contributed by atoms with Gasteiger partial charge in [-0.2, -0.15) is 0 Å². The van der Waals surface area contributed by atoms with E-state index in [0.717, 1.165) is 5.69 Å². The van der Waals surface area contributed by atoms with Crippen LogP contribution in [0.15, 0.2) is 388 Å². The number of hydrogen-bond acceptors (Lipinski definition) is 0. The molecular formula is C110H76N4. The van der Waals surface area contributed by atoms with Crippen molar-refractivity contribution in [3.05, 3.63) is 411 Å². The van der Waals surface area contributed by atoms with Crippen molar-refractivity contribution in [2.45, 2.75) is 38.5 Å². The topological polar surface area (TPSA) is 19.7 Å². The van der Waals surface area contributed by atoms with E-state index < -0.39 is 0 Å². The van der Waals surface area contributed by atoms with Gasteiger partial charge in [-0.3, -0.25) is 0 Å². The molecule has 536 valence electrons. The lowest BCUT2D eigenvalue weighted by atomic mass is 9.80. The SMILES string of the molecule is CC1(C)c2ccccc2-c2c1ccc1c2c2cc(-c3ccc4c(c3)c3ccccc3n4-c3cccc4ccccc34)ccc2n1-c1cccc(-c2ccccc2)c1.CC1(C)c2ccccc2-c2ccc3c(c21)c1cc(-c2ccc4c(c2)c2ccccc2n4-c2cccc4ccccc24)ccc1n3-c1cccc(-c2ccccc2)c1. The van der Waals surface area contributed by atoms with Gasteiger partial charge in [-0.25, -0.2) is 0 Å². The summed E-state index contributed by atoms with van der Waals surface area (Å²) in [5.41, 5.74) is 34.9. The Labute approximate surface area is 661 Å². The van der Waals surface area contributed by atoms with Crippen LogP contribution in [0.3, 0.4) is 0 Å². The molecule has 2 aliphatic carbocycles. The highest BCUT2D eigenvalue weighted by Crippen LogP contribution is 2.56. The summed E-state index contributed by atoms with van der Waals surface area (Å²) in [5.74, 6) is 0. The first kappa shape index (κ1) is 65.6. The average Bonchev–Trinajstić information content (AvgIpc) is 1.54. The summed E-state index contributed by atoms with van der Waals surface area (Å²) in [6.07, 6.45) is 0. The lowest BCUT2D eigenvalue weighted by Gasteiger charge is -2.22. The van der Waals surface area contributed by atoms with Crippen LogP contribution in [0.5, 0.6) is 0 Å². The Balaban J connectivity index is 0.000000135. The molecule has 0 bridgehead atoms. The second kappa shape index (κ2) is 25.1. The van der Waals surface area contributed by atoms with Crippen LogP contribution in [0.4, 0.5) is 0 Å². The number of nitrogens with zero attached hydrogens (tertiary/aromatic N) is 4. The van der Waals surface area contributed by atoms with E-state index in [-0.39, 0.29) is 10.8 Å². The first-order valence-electron chi connectivity index (χ1n) is 39.9. The van der Waals surface area contributed by atoms with Crippen molar-refractivity contribution < 1.29 is 0 Å². The minimum atomic E-state index is -0.158. The molecule has 18 aromatic carbocycles. The molecule has 4 heteroatoms. The molecule has 0 fully saturated rings. The minimum absolute atomic E-state index is 0.0945. The van der Waals surface area contributed by atoms with Gasteiger partial charge in [0, 0.05) is 76.1 Å². The standard InChI is InChI=1S/2C55H38N2/c1-55(2)46-23-10-8-22-43(46)53-47(55)28-31-52-54(53)45-34-39(27-30-51(45)56(52)40-19-12-18-37(32-40)35-14-4-3-5-15-35)38-26-29-50-44(33-38)42-21-9-11-24-49(42)57(50)48-25-13-17-36-16-6-7-20-41(36)48;1-55(2)47-23-10-8-21-42(47)44-28-31-52-53(54(44)55)46-34-39(27-30-51(46)56(52)40-19-12-18-37(32-40)35-14-4-3-5-15-35)38-26-29-50-45(33-38)43-22-9-11-24-49(43)57(50)48-25-13-17-36-16-6-7-20-41(36)48/h2*3-34H,1-2H3. The number of hydrogen-bond donors (Lipinski definition) is 0. The van der Waals surface area contributed by atoms with Gasteiger partial charge in [0.05, 0.1) is 55.5 Å². The quantitative estimate of drug-likeness (QED) is 0.144. The van der Waals surface area contributed by atoms with Crippen LogP contribution in [0.1, 0.15) is 49.9 Å². The molecule has 0 saturated heterocycles. The highest BCUT2D eigenvalue weighted by molar-refractivity contribution is 6.21. The van der Waals surface area contributed by atoms with Gasteiger partial charge in [0.2, 0.25) is 0 Å². The largest absolute Gasteiger partial charge is 0.309 e. The number of para-hydroxylation sites is 2. The summed E-state index contributed by atoms with van der Waals surface area (Å²) in [5, 5.41) is 15.2. The molecule has 0 unspecified atom stereocenters. The van der Waals surface area contributed by atoms with Crippen molar-refractivity contribution in [2.75, 3.05) is 0 Å². The summed E-state index contributed by atoms with van der Waals surface area (Å²) < 4.78 is 9.86. The second-order valence-corrected chi connectivity index (χ2v) is 32.2. The van der Waals surface area contributed by atoms with Gasteiger partial charge in [0.25, 0.3) is 0 Å². The highest BCUT2D eigenvalue weighted by Gasteiger charge is 2.40. The minimum Gasteiger partial charge on any atom is -0.309 e. The Morgan fingerprint density at radius 3 is 1.08 bits per heavy atom. The molecule has 0 spiro atoms. The third kappa shape index (κ3) is 9.77. The van der Waals surface area contributed by atoms with Crippen molar-refractivity contribution in [3.8, 4) is 89.5 Å². The Bertz CT molecular complexity index is 7770. The van der Waals surface area contributed by atoms with Gasteiger partial charge < -0.3 is 18.3 Å². The molecular weight excluding hydrogens is 1380 g/mol. The predicted octanol–water partition coefficient (Wildman–Crippen LogP) is 29.3. The summed E-state index contributed by atoms with van der Waals surface area (Å²) in [4.78, 5) is 0. The number of fused-ring (bicyclic) bond motifs is 22. The van der Waals surface area contributed by atoms with Gasteiger partial charge in [-0.1, -0.05) is 307 Å². The number of aromatic nitrogens is 4. The summed E-state index contributed by atoms with van der Waals surface area (Å²) in [6, 6.07) is 144. The molecule has 22 aromatic rings. The Kier molecular flexibility index (Phi) is 14.4. The number of rotatable bonds is 8. The average molecular weight is 1450 g/mol. The zero-order chi connectivity index (χ0) is 75.7. The molecule has 4 heterocycles. The van der Waals surface area contributed by atoms with Gasteiger partial charge in [-0.05, 0) is 209 Å². The fourth-order valence-electron chi connectivity index (χ4n) is 20.1. The molecule has 0 radical (unpaired) electrons. The maximum Gasteiger partial charge on any atom is 0.0547 e. The van der Waals surface area contributed by atoms with E-state index in [1.54, 1.807) is 0 Å². The first-order valence-corrected chi connectivity index (χ1v) is 39.9. The van der Waals surface area contributed by atoms with E-state index >= 15 is 0 Å². The van der Waals surface area contributed by atoms with E-state index in [2.05, 4.69) is 434 Å². The van der Waals surface area contributed by atoms with E-state index in [1.807, 2.05) is 0 Å². The normalized spacial score (nSPS) is 13.2. The van der Waals surface area contributed by atoms with Crippen molar-refractivity contribution in [1.82, 2.24) is 18.3 Å². The van der Waals surface area contributed by atoms with Gasteiger partial charge >= 0.3 is 0 Å². The molecule has 0 N–H and O–H groups in total. The summed E-state index contributed by atoms with van der Waals surface area (Å²) >= 11 is 0. The third-order valence-electron chi connectivity index (χ3n) is 25.4. The lowest BCUT2D eigenvalue weighted by Crippen LogP contribution is -2.15. The van der Waals surface area contributed by atoms with Gasteiger partial charge in [-0.15, -0.1) is 0 Å². The molecule has 4 aromatic heterocycles. The second-order valence-electron chi connectivity index (χ2n) is 32.2. The maximum atomic E-state index is 2.49. The monoisotopic (exact) mass is 1450 g/mol. The van der Waals surface area contributed by atoms with Crippen LogP contribution in [0.25, 0.3) is 198 Å². The van der Waals surface area contributed by atoms with Crippen LogP contribution < -0.4 is 0 Å². The molecule has 0 saturated carbocycles. The van der Waals surface area contributed by atoms with Crippen molar-refractivity contribution in [2.24, 2.45) is 0 Å².